The normalized spacial score (nSPS) is 14.9. The highest BCUT2D eigenvalue weighted by atomic mass is 32.2. The SMILES string of the molecule is O=C(NCCCCN1CCN(Cc2ccccc2)CC1)c1ccccc1SCc1cscn1. The van der Waals surface area contributed by atoms with Crippen molar-refractivity contribution in [1.82, 2.24) is 20.1 Å². The second kappa shape index (κ2) is 12.9. The molecule has 2 aromatic carbocycles. The van der Waals surface area contributed by atoms with Gasteiger partial charge in [-0.25, -0.2) is 4.98 Å². The van der Waals surface area contributed by atoms with Gasteiger partial charge in [-0.3, -0.25) is 9.69 Å². The van der Waals surface area contributed by atoms with Gasteiger partial charge in [0.2, 0.25) is 0 Å². The first-order valence-electron chi connectivity index (χ1n) is 11.6. The first-order chi connectivity index (χ1) is 16.3. The number of thiazole rings is 1. The van der Waals surface area contributed by atoms with Gasteiger partial charge in [0.15, 0.2) is 0 Å². The summed E-state index contributed by atoms with van der Waals surface area (Å²) in [7, 11) is 0. The molecule has 4 rings (SSSR count). The predicted octanol–water partition coefficient (Wildman–Crippen LogP) is 4.76. The first-order valence-corrected chi connectivity index (χ1v) is 13.6. The van der Waals surface area contributed by atoms with Crippen LogP contribution >= 0.6 is 23.1 Å². The number of aromatic nitrogens is 1. The fraction of sp³-hybridized carbons (Fsp3) is 0.385. The third kappa shape index (κ3) is 7.67. The van der Waals surface area contributed by atoms with Crippen molar-refractivity contribution in [3.63, 3.8) is 0 Å². The molecule has 0 atom stereocenters. The van der Waals surface area contributed by atoms with Crippen molar-refractivity contribution >= 4 is 29.0 Å². The van der Waals surface area contributed by atoms with Gasteiger partial charge >= 0.3 is 0 Å². The number of nitrogens with zero attached hydrogens (tertiary/aromatic N) is 3. The minimum absolute atomic E-state index is 0.0194. The lowest BCUT2D eigenvalue weighted by molar-refractivity contribution is 0.0948. The van der Waals surface area contributed by atoms with E-state index >= 15 is 0 Å². The molecule has 174 valence electrons. The summed E-state index contributed by atoms with van der Waals surface area (Å²) in [5.74, 6) is 0.803. The van der Waals surface area contributed by atoms with Crippen LogP contribution in [0.15, 0.2) is 70.4 Å². The van der Waals surface area contributed by atoms with E-state index in [0.29, 0.717) is 0 Å². The molecule has 0 saturated carbocycles. The topological polar surface area (TPSA) is 48.5 Å². The molecule has 33 heavy (non-hydrogen) atoms. The van der Waals surface area contributed by atoms with Crippen molar-refractivity contribution in [2.45, 2.75) is 30.0 Å². The maximum absolute atomic E-state index is 12.7. The quantitative estimate of drug-likeness (QED) is 0.317. The van der Waals surface area contributed by atoms with E-state index in [9.17, 15) is 4.79 Å². The van der Waals surface area contributed by atoms with Crippen LogP contribution in [0.3, 0.4) is 0 Å². The number of hydrogen-bond donors (Lipinski definition) is 1. The molecule has 2 heterocycles. The Bertz CT molecular complexity index is 973. The van der Waals surface area contributed by atoms with Gasteiger partial charge in [-0.2, -0.15) is 0 Å². The summed E-state index contributed by atoms with van der Waals surface area (Å²) in [4.78, 5) is 23.1. The van der Waals surface area contributed by atoms with Crippen LogP contribution < -0.4 is 5.32 Å². The van der Waals surface area contributed by atoms with Crippen molar-refractivity contribution in [2.75, 3.05) is 39.3 Å². The molecule has 0 aliphatic carbocycles. The molecule has 0 unspecified atom stereocenters. The van der Waals surface area contributed by atoms with E-state index in [-0.39, 0.29) is 5.91 Å². The van der Waals surface area contributed by atoms with E-state index in [2.05, 4.69) is 55.8 Å². The Hall–Kier alpha value is -2.19. The molecule has 1 aromatic heterocycles. The molecular weight excluding hydrogens is 448 g/mol. The summed E-state index contributed by atoms with van der Waals surface area (Å²) < 4.78 is 0. The number of rotatable bonds is 11. The number of amides is 1. The summed E-state index contributed by atoms with van der Waals surface area (Å²) in [5.41, 5.74) is 5.05. The average Bonchev–Trinajstić information content (AvgIpc) is 3.38. The standard InChI is InChI=1S/C26H32N4OS2/c31-26(24-10-4-5-11-25(24)33-20-23-19-32-21-28-23)27-12-6-7-13-29-14-16-30(17-15-29)18-22-8-2-1-3-9-22/h1-5,8-11,19,21H,6-7,12-18,20H2,(H,27,31). The Morgan fingerprint density at radius 3 is 2.52 bits per heavy atom. The smallest absolute Gasteiger partial charge is 0.252 e. The van der Waals surface area contributed by atoms with Crippen LogP contribution in [-0.4, -0.2) is 60.0 Å². The van der Waals surface area contributed by atoms with Crippen LogP contribution in [0.2, 0.25) is 0 Å². The lowest BCUT2D eigenvalue weighted by atomic mass is 10.2. The Labute approximate surface area is 205 Å². The molecule has 1 aliphatic heterocycles. The largest absolute Gasteiger partial charge is 0.352 e. The van der Waals surface area contributed by atoms with Crippen molar-refractivity contribution < 1.29 is 4.79 Å². The van der Waals surface area contributed by atoms with Crippen LogP contribution in [0.4, 0.5) is 0 Å². The third-order valence-electron chi connectivity index (χ3n) is 5.89. The van der Waals surface area contributed by atoms with Crippen molar-refractivity contribution in [2.24, 2.45) is 0 Å². The van der Waals surface area contributed by atoms with Gasteiger partial charge in [0.25, 0.3) is 5.91 Å². The molecule has 0 spiro atoms. The van der Waals surface area contributed by atoms with E-state index in [1.165, 1.54) is 5.56 Å². The van der Waals surface area contributed by atoms with Crippen molar-refractivity contribution in [3.05, 3.63) is 82.3 Å². The maximum Gasteiger partial charge on any atom is 0.252 e. The van der Waals surface area contributed by atoms with Gasteiger partial charge in [0, 0.05) is 55.3 Å². The minimum Gasteiger partial charge on any atom is -0.352 e. The lowest BCUT2D eigenvalue weighted by Crippen LogP contribution is -2.46. The zero-order valence-corrected chi connectivity index (χ0v) is 20.6. The monoisotopic (exact) mass is 480 g/mol. The van der Waals surface area contributed by atoms with Crippen LogP contribution in [-0.2, 0) is 12.3 Å². The molecule has 7 heteroatoms. The lowest BCUT2D eigenvalue weighted by Gasteiger charge is -2.34. The molecule has 1 fully saturated rings. The van der Waals surface area contributed by atoms with E-state index in [0.717, 1.165) is 80.6 Å². The van der Waals surface area contributed by atoms with Crippen LogP contribution in [0.1, 0.15) is 34.5 Å². The van der Waals surface area contributed by atoms with Gasteiger partial charge < -0.3 is 10.2 Å². The first kappa shape index (κ1) is 24.0. The van der Waals surface area contributed by atoms with Gasteiger partial charge in [-0.15, -0.1) is 23.1 Å². The number of hydrogen-bond acceptors (Lipinski definition) is 6. The summed E-state index contributed by atoms with van der Waals surface area (Å²) >= 11 is 3.27. The second-order valence-corrected chi connectivity index (χ2v) is 10.1. The fourth-order valence-corrected chi connectivity index (χ4v) is 5.63. The Morgan fingerprint density at radius 1 is 0.970 bits per heavy atom. The van der Waals surface area contributed by atoms with Gasteiger partial charge in [0.1, 0.15) is 0 Å². The Balaban J connectivity index is 1.12. The summed E-state index contributed by atoms with van der Waals surface area (Å²) in [6.45, 7) is 7.38. The molecular formula is C26H32N4OS2. The summed E-state index contributed by atoms with van der Waals surface area (Å²) in [6, 6.07) is 18.6. The van der Waals surface area contributed by atoms with Gasteiger partial charge in [0.05, 0.1) is 16.8 Å². The average molecular weight is 481 g/mol. The molecule has 3 aromatic rings. The minimum atomic E-state index is 0.0194. The van der Waals surface area contributed by atoms with Gasteiger partial charge in [-0.1, -0.05) is 42.5 Å². The van der Waals surface area contributed by atoms with Crippen molar-refractivity contribution in [1.29, 1.82) is 0 Å². The van der Waals surface area contributed by atoms with E-state index in [4.69, 9.17) is 0 Å². The van der Waals surface area contributed by atoms with Gasteiger partial charge in [-0.05, 0) is 37.1 Å². The van der Waals surface area contributed by atoms with Crippen LogP contribution in [0, 0.1) is 0 Å². The molecule has 1 saturated heterocycles. The second-order valence-electron chi connectivity index (χ2n) is 8.33. The zero-order valence-electron chi connectivity index (χ0n) is 19.0. The number of carbonyl (C=O) groups excluding carboxylic acids is 1. The highest BCUT2D eigenvalue weighted by molar-refractivity contribution is 7.98. The maximum atomic E-state index is 12.7. The highest BCUT2D eigenvalue weighted by Gasteiger charge is 2.16. The summed E-state index contributed by atoms with van der Waals surface area (Å²) in [5, 5.41) is 5.17. The van der Waals surface area contributed by atoms with Crippen LogP contribution in [0.5, 0.6) is 0 Å². The number of thioether (sulfide) groups is 1. The number of carbonyl (C=O) groups is 1. The Kier molecular flexibility index (Phi) is 9.36. The number of benzene rings is 2. The van der Waals surface area contributed by atoms with E-state index < -0.39 is 0 Å². The number of unbranched alkanes of at least 4 members (excludes halogenated alkanes) is 1. The molecule has 0 bridgehead atoms. The molecule has 5 nitrogen and oxygen atoms in total. The third-order valence-corrected chi connectivity index (χ3v) is 7.63. The van der Waals surface area contributed by atoms with E-state index in [1.54, 1.807) is 23.1 Å². The molecule has 1 amide bonds. The summed E-state index contributed by atoms with van der Waals surface area (Å²) in [6.07, 6.45) is 2.11. The molecule has 1 N–H and O–H groups in total. The fourth-order valence-electron chi connectivity index (χ4n) is 4.01. The predicted molar refractivity (Wildman–Crippen MR) is 138 cm³/mol. The molecule has 1 aliphatic rings. The Morgan fingerprint density at radius 2 is 1.73 bits per heavy atom. The molecule has 0 radical (unpaired) electrons. The van der Waals surface area contributed by atoms with Crippen LogP contribution in [0.25, 0.3) is 0 Å². The highest BCUT2D eigenvalue weighted by Crippen LogP contribution is 2.26. The zero-order chi connectivity index (χ0) is 22.7. The number of nitrogens with one attached hydrogen (secondary N) is 1. The van der Waals surface area contributed by atoms with E-state index in [1.807, 2.05) is 29.8 Å². The van der Waals surface area contributed by atoms with Crippen molar-refractivity contribution in [3.8, 4) is 0 Å². The number of piperazine rings is 1.